The van der Waals surface area contributed by atoms with Gasteiger partial charge in [-0.15, -0.1) is 11.3 Å². The Balaban J connectivity index is 0.00000324. The number of rotatable bonds is 6. The summed E-state index contributed by atoms with van der Waals surface area (Å²) in [4.78, 5) is 26.1. The van der Waals surface area contributed by atoms with E-state index in [1.165, 1.54) is 35.6 Å². The van der Waals surface area contributed by atoms with Gasteiger partial charge in [-0.3, -0.25) is 4.79 Å². The van der Waals surface area contributed by atoms with Crippen molar-refractivity contribution in [3.05, 3.63) is 91.7 Å². The molecule has 4 rings (SSSR count). The molecular weight excluding hydrogens is 474 g/mol. The van der Waals surface area contributed by atoms with Crippen molar-refractivity contribution < 1.29 is 57.4 Å². The molecule has 0 spiro atoms. The normalized spacial score (nSPS) is 14.3. The van der Waals surface area contributed by atoms with Gasteiger partial charge in [-0.25, -0.2) is 0 Å². The van der Waals surface area contributed by atoms with Crippen LogP contribution < -0.4 is 40.0 Å². The molecule has 3 aromatic rings. The molecule has 1 fully saturated rings. The van der Waals surface area contributed by atoms with E-state index < -0.39 is 23.2 Å². The number of aromatic carboxylic acids is 1. The monoisotopic (exact) mass is 495 g/mol. The van der Waals surface area contributed by atoms with Crippen LogP contribution in [0.15, 0.2) is 48.5 Å². The molecule has 4 nitrogen and oxygen atoms in total. The zero-order valence-corrected chi connectivity index (χ0v) is 21.8. The van der Waals surface area contributed by atoms with E-state index in [9.17, 15) is 27.9 Å². The number of aryl methyl sites for hydroxylation is 2. The number of carbonyl (C=O) groups excluding carboxylic acids is 2. The van der Waals surface area contributed by atoms with Crippen molar-refractivity contribution in [3.63, 3.8) is 0 Å². The number of hydrogen-bond acceptors (Lipinski definition) is 4. The summed E-state index contributed by atoms with van der Waals surface area (Å²) in [6.07, 6.45) is -2.57. The molecule has 1 heterocycles. The fourth-order valence-electron chi connectivity index (χ4n) is 4.07. The number of nitrogens with one attached hydrogen (secondary N) is 1. The number of carbonyl (C=O) groups is 2. The van der Waals surface area contributed by atoms with Crippen LogP contribution in [0.2, 0.25) is 0 Å². The standard InChI is InChI=1S/C25H22F3NO3S.Na/c1-14-20(13-16-3-7-19(8-4-16)25(26,27)28)21(15(2)33-14)22(30)29-24(11-12-24)18-9-5-17(6-10-18)23(31)32;/h3-10H,11-13H2,1-2H3,(H,29,30)(H,31,32);/q;+1/p-1. The third kappa shape index (κ3) is 5.40. The first-order valence-electron chi connectivity index (χ1n) is 10.4. The maximum Gasteiger partial charge on any atom is 1.00 e. The molecule has 9 heteroatoms. The number of carboxylic acids is 1. The Morgan fingerprint density at radius 2 is 1.59 bits per heavy atom. The van der Waals surface area contributed by atoms with E-state index in [-0.39, 0.29) is 41.0 Å². The van der Waals surface area contributed by atoms with Gasteiger partial charge in [0.15, 0.2) is 0 Å². The van der Waals surface area contributed by atoms with E-state index in [1.54, 1.807) is 12.1 Å². The summed E-state index contributed by atoms with van der Waals surface area (Å²) in [6, 6.07) is 11.3. The summed E-state index contributed by atoms with van der Waals surface area (Å²) < 4.78 is 38.6. The Bertz CT molecular complexity index is 1210. The van der Waals surface area contributed by atoms with Gasteiger partial charge < -0.3 is 15.2 Å². The molecule has 34 heavy (non-hydrogen) atoms. The minimum absolute atomic E-state index is 0. The molecule has 0 saturated heterocycles. The molecule has 1 saturated carbocycles. The number of thiophene rings is 1. The Morgan fingerprint density at radius 1 is 1.00 bits per heavy atom. The van der Waals surface area contributed by atoms with E-state index in [1.807, 2.05) is 13.8 Å². The van der Waals surface area contributed by atoms with Gasteiger partial charge in [-0.1, -0.05) is 36.4 Å². The maximum atomic E-state index is 13.3. The van der Waals surface area contributed by atoms with Crippen LogP contribution in [0.25, 0.3) is 0 Å². The Hall–Kier alpha value is -2.13. The summed E-state index contributed by atoms with van der Waals surface area (Å²) in [5, 5.41) is 14.1. The Kier molecular flexibility index (Phi) is 7.67. The van der Waals surface area contributed by atoms with Gasteiger partial charge >= 0.3 is 35.7 Å². The van der Waals surface area contributed by atoms with Gasteiger partial charge in [0.25, 0.3) is 5.91 Å². The summed E-state index contributed by atoms with van der Waals surface area (Å²) in [6.45, 7) is 3.76. The number of carboxylic acid groups (broad SMARTS) is 1. The molecule has 172 valence electrons. The molecule has 0 unspecified atom stereocenters. The first-order valence-corrected chi connectivity index (χ1v) is 11.2. The SMILES string of the molecule is Cc1sc(C)c(C(=O)NC2(c3ccc(C(=O)[O-])cc3)CC2)c1Cc1ccc(C(F)(F)F)cc1.[Na+]. The van der Waals surface area contributed by atoms with Crippen molar-refractivity contribution >= 4 is 23.2 Å². The fourth-order valence-corrected chi connectivity index (χ4v) is 5.15. The van der Waals surface area contributed by atoms with Gasteiger partial charge in [-0.05, 0) is 67.5 Å². The predicted octanol–water partition coefficient (Wildman–Crippen LogP) is 1.76. The van der Waals surface area contributed by atoms with Gasteiger partial charge in [0.1, 0.15) is 0 Å². The van der Waals surface area contributed by atoms with Gasteiger partial charge in [-0.2, -0.15) is 13.2 Å². The van der Waals surface area contributed by atoms with Crippen LogP contribution in [0, 0.1) is 13.8 Å². The molecular formula is C25H21F3NNaO3S. The van der Waals surface area contributed by atoms with Gasteiger partial charge in [0.05, 0.1) is 22.6 Å². The Labute approximate surface area is 221 Å². The summed E-state index contributed by atoms with van der Waals surface area (Å²) in [5.74, 6) is -1.49. The zero-order chi connectivity index (χ0) is 24.0. The average molecular weight is 495 g/mol. The quantitative estimate of drug-likeness (QED) is 0.530. The molecule has 0 radical (unpaired) electrons. The van der Waals surface area contributed by atoms with Crippen LogP contribution in [0.3, 0.4) is 0 Å². The van der Waals surface area contributed by atoms with Crippen LogP contribution >= 0.6 is 11.3 Å². The molecule has 1 aliphatic carbocycles. The number of amides is 1. The van der Waals surface area contributed by atoms with Crippen LogP contribution in [-0.4, -0.2) is 11.9 Å². The molecule has 1 aliphatic rings. The topological polar surface area (TPSA) is 69.2 Å². The molecule has 0 aliphatic heterocycles. The molecule has 1 N–H and O–H groups in total. The summed E-state index contributed by atoms with van der Waals surface area (Å²) in [7, 11) is 0. The summed E-state index contributed by atoms with van der Waals surface area (Å²) in [5.41, 5.74) is 1.70. The van der Waals surface area contributed by atoms with E-state index in [0.29, 0.717) is 17.5 Å². The molecule has 2 aromatic carbocycles. The second-order valence-electron chi connectivity index (χ2n) is 8.34. The van der Waals surface area contributed by atoms with E-state index in [4.69, 9.17) is 0 Å². The van der Waals surface area contributed by atoms with E-state index in [2.05, 4.69) is 5.32 Å². The second-order valence-corrected chi connectivity index (χ2v) is 9.77. The smallest absolute Gasteiger partial charge is 0.545 e. The summed E-state index contributed by atoms with van der Waals surface area (Å²) >= 11 is 1.49. The third-order valence-electron chi connectivity index (χ3n) is 6.05. The largest absolute Gasteiger partial charge is 1.00 e. The fraction of sp³-hybridized carbons (Fsp3) is 0.280. The average Bonchev–Trinajstić information content (AvgIpc) is 3.47. The van der Waals surface area contributed by atoms with Crippen LogP contribution in [0.4, 0.5) is 13.2 Å². The van der Waals surface area contributed by atoms with Crippen molar-refractivity contribution in [1.82, 2.24) is 5.32 Å². The number of alkyl halides is 3. The van der Waals surface area contributed by atoms with E-state index >= 15 is 0 Å². The predicted molar refractivity (Wildman–Crippen MR) is 117 cm³/mol. The second kappa shape index (κ2) is 9.85. The minimum atomic E-state index is -4.39. The number of hydrogen-bond donors (Lipinski definition) is 1. The zero-order valence-electron chi connectivity index (χ0n) is 19.0. The maximum absolute atomic E-state index is 13.3. The molecule has 1 aromatic heterocycles. The first-order chi connectivity index (χ1) is 15.5. The van der Waals surface area contributed by atoms with Crippen molar-refractivity contribution in [1.29, 1.82) is 0 Å². The van der Waals surface area contributed by atoms with Crippen molar-refractivity contribution in [2.24, 2.45) is 0 Å². The van der Waals surface area contributed by atoms with Gasteiger partial charge in [0, 0.05) is 9.75 Å². The van der Waals surface area contributed by atoms with Crippen LogP contribution in [0.1, 0.15) is 65.6 Å². The number of halogens is 3. The minimum Gasteiger partial charge on any atom is -0.545 e. The van der Waals surface area contributed by atoms with Crippen molar-refractivity contribution in [2.75, 3.05) is 0 Å². The van der Waals surface area contributed by atoms with Crippen LogP contribution in [0.5, 0.6) is 0 Å². The van der Waals surface area contributed by atoms with Gasteiger partial charge in [0.2, 0.25) is 0 Å². The van der Waals surface area contributed by atoms with E-state index in [0.717, 1.165) is 45.9 Å². The number of benzene rings is 2. The Morgan fingerprint density at radius 3 is 2.09 bits per heavy atom. The molecule has 0 atom stereocenters. The third-order valence-corrected chi connectivity index (χ3v) is 7.11. The molecule has 0 bridgehead atoms. The first kappa shape index (κ1) is 26.5. The molecule has 1 amide bonds. The van der Waals surface area contributed by atoms with Crippen LogP contribution in [-0.2, 0) is 18.1 Å². The van der Waals surface area contributed by atoms with Crippen molar-refractivity contribution in [3.8, 4) is 0 Å². The van der Waals surface area contributed by atoms with Crippen molar-refractivity contribution in [2.45, 2.75) is 44.8 Å².